The molecule has 0 saturated heterocycles. The molecule has 1 aliphatic heterocycles. The Hall–Kier alpha value is -2.41. The Balaban J connectivity index is 1.89. The molecule has 7 heteroatoms. The lowest BCUT2D eigenvalue weighted by atomic mass is 9.71. The molecule has 1 amide bonds. The Morgan fingerprint density at radius 3 is 2.63 bits per heavy atom. The first-order valence-corrected chi connectivity index (χ1v) is 10.0. The van der Waals surface area contributed by atoms with Crippen molar-refractivity contribution in [1.82, 2.24) is 5.01 Å². The van der Waals surface area contributed by atoms with Gasteiger partial charge in [-0.05, 0) is 60.1 Å². The molecule has 1 heterocycles. The van der Waals surface area contributed by atoms with Crippen LogP contribution in [0.5, 0.6) is 0 Å². The van der Waals surface area contributed by atoms with Crippen molar-refractivity contribution in [3.05, 3.63) is 58.7 Å². The highest BCUT2D eigenvalue weighted by Gasteiger charge is 2.35. The molecular weight excluding hydrogens is 393 g/mol. The number of halogens is 3. The summed E-state index contributed by atoms with van der Waals surface area (Å²) >= 11 is 0. The fourth-order valence-electron chi connectivity index (χ4n) is 4.20. The average molecular weight is 420 g/mol. The second-order valence-electron chi connectivity index (χ2n) is 8.67. The Kier molecular flexibility index (Phi) is 5.96. The number of alkyl halides is 3. The van der Waals surface area contributed by atoms with Crippen molar-refractivity contribution < 1.29 is 23.1 Å². The van der Waals surface area contributed by atoms with E-state index in [9.17, 15) is 23.1 Å². The first-order valence-electron chi connectivity index (χ1n) is 10.0. The number of rotatable bonds is 3. The lowest BCUT2D eigenvalue weighted by Gasteiger charge is -2.35. The minimum absolute atomic E-state index is 0.0975. The summed E-state index contributed by atoms with van der Waals surface area (Å²) in [7, 11) is 0. The van der Waals surface area contributed by atoms with Crippen molar-refractivity contribution in [2.24, 2.45) is 10.5 Å². The van der Waals surface area contributed by atoms with Crippen LogP contribution in [0, 0.1) is 5.41 Å². The molecule has 0 radical (unpaired) electrons. The van der Waals surface area contributed by atoms with Crippen molar-refractivity contribution in [1.29, 1.82) is 0 Å². The molecule has 1 aromatic rings. The summed E-state index contributed by atoms with van der Waals surface area (Å²) in [6.45, 7) is 7.50. The number of aliphatic hydroxyl groups is 1. The van der Waals surface area contributed by atoms with Gasteiger partial charge in [-0.3, -0.25) is 4.79 Å². The monoisotopic (exact) mass is 420 g/mol. The van der Waals surface area contributed by atoms with Crippen molar-refractivity contribution in [2.45, 2.75) is 65.3 Å². The Morgan fingerprint density at radius 2 is 2.00 bits per heavy atom. The Bertz CT molecular complexity index is 929. The van der Waals surface area contributed by atoms with Crippen LogP contribution in [0.15, 0.2) is 52.7 Å². The van der Waals surface area contributed by atoms with Crippen LogP contribution in [0.25, 0.3) is 0 Å². The summed E-state index contributed by atoms with van der Waals surface area (Å²) in [6.07, 6.45) is 0.695. The number of aliphatic hydroxyl groups excluding tert-OH is 1. The molecule has 0 saturated carbocycles. The molecule has 2 aliphatic rings. The minimum Gasteiger partial charge on any atom is -0.389 e. The van der Waals surface area contributed by atoms with Gasteiger partial charge in [-0.15, -0.1) is 0 Å². The van der Waals surface area contributed by atoms with E-state index in [2.05, 4.69) is 18.9 Å². The summed E-state index contributed by atoms with van der Waals surface area (Å²) in [5.41, 5.74) is 2.12. The number of hydrogen-bond acceptors (Lipinski definition) is 3. The largest absolute Gasteiger partial charge is 0.416 e. The van der Waals surface area contributed by atoms with Gasteiger partial charge >= 0.3 is 6.18 Å². The van der Waals surface area contributed by atoms with Gasteiger partial charge in [-0.1, -0.05) is 32.1 Å². The third kappa shape index (κ3) is 4.51. The molecule has 0 aromatic heterocycles. The predicted molar refractivity (Wildman–Crippen MR) is 110 cm³/mol. The average Bonchev–Trinajstić information content (AvgIpc) is 3.09. The fourth-order valence-corrected chi connectivity index (χ4v) is 4.20. The van der Waals surface area contributed by atoms with E-state index in [0.29, 0.717) is 24.1 Å². The summed E-state index contributed by atoms with van der Waals surface area (Å²) in [4.78, 5) is 12.1. The minimum atomic E-state index is -4.45. The maximum Gasteiger partial charge on any atom is 0.416 e. The van der Waals surface area contributed by atoms with E-state index in [4.69, 9.17) is 0 Å². The lowest BCUT2D eigenvalue weighted by Crippen LogP contribution is -2.27. The number of amides is 1. The highest BCUT2D eigenvalue weighted by molar-refractivity contribution is 5.98. The van der Waals surface area contributed by atoms with E-state index in [0.717, 1.165) is 29.7 Å². The number of carbonyl (C=O) groups is 1. The SMILES string of the molecule is CC(=O)N1N=C(/C=C/C2=C(C)C(O)CCC2(C)C)CC1c1cccc(C(F)(F)F)c1. The molecule has 3 rings (SSSR count). The third-order valence-corrected chi connectivity index (χ3v) is 5.99. The van der Waals surface area contributed by atoms with Crippen molar-refractivity contribution >= 4 is 11.6 Å². The van der Waals surface area contributed by atoms with E-state index >= 15 is 0 Å². The molecule has 1 N–H and O–H groups in total. The van der Waals surface area contributed by atoms with Crippen molar-refractivity contribution in [2.75, 3.05) is 0 Å². The zero-order valence-electron chi connectivity index (χ0n) is 17.6. The Labute approximate surface area is 174 Å². The number of benzene rings is 1. The van der Waals surface area contributed by atoms with Crippen molar-refractivity contribution in [3.63, 3.8) is 0 Å². The third-order valence-electron chi connectivity index (χ3n) is 5.99. The van der Waals surface area contributed by atoms with Gasteiger partial charge in [-0.25, -0.2) is 5.01 Å². The molecular formula is C23H27F3N2O2. The topological polar surface area (TPSA) is 52.9 Å². The smallest absolute Gasteiger partial charge is 0.389 e. The van der Waals surface area contributed by atoms with E-state index in [1.807, 2.05) is 19.1 Å². The number of nitrogens with zero attached hydrogens (tertiary/aromatic N) is 2. The zero-order chi connectivity index (χ0) is 22.3. The van der Waals surface area contributed by atoms with Gasteiger partial charge in [0.1, 0.15) is 0 Å². The molecule has 162 valence electrons. The van der Waals surface area contributed by atoms with Gasteiger partial charge in [0.15, 0.2) is 0 Å². The number of allylic oxidation sites excluding steroid dienone is 3. The first-order chi connectivity index (χ1) is 13.9. The molecule has 0 bridgehead atoms. The molecule has 30 heavy (non-hydrogen) atoms. The normalized spacial score (nSPS) is 24.5. The first kappa shape index (κ1) is 22.3. The van der Waals surface area contributed by atoms with Crippen LogP contribution < -0.4 is 0 Å². The zero-order valence-corrected chi connectivity index (χ0v) is 17.6. The van der Waals surface area contributed by atoms with E-state index in [1.165, 1.54) is 18.0 Å². The Morgan fingerprint density at radius 1 is 1.30 bits per heavy atom. The highest BCUT2D eigenvalue weighted by atomic mass is 19.4. The van der Waals surface area contributed by atoms with Gasteiger partial charge in [0.2, 0.25) is 5.91 Å². The van der Waals surface area contributed by atoms with Crippen LogP contribution in [0.3, 0.4) is 0 Å². The highest BCUT2D eigenvalue weighted by Crippen LogP contribution is 2.41. The lowest BCUT2D eigenvalue weighted by molar-refractivity contribution is -0.137. The second kappa shape index (κ2) is 8.02. The van der Waals surface area contributed by atoms with Gasteiger partial charge in [0, 0.05) is 13.3 Å². The van der Waals surface area contributed by atoms with Crippen LogP contribution in [-0.4, -0.2) is 27.8 Å². The van der Waals surface area contributed by atoms with Crippen LogP contribution in [0.2, 0.25) is 0 Å². The molecule has 2 atom stereocenters. The molecule has 1 aromatic carbocycles. The van der Waals surface area contributed by atoms with Crippen LogP contribution in [0.1, 0.15) is 64.1 Å². The standard InChI is InChI=1S/C23H27F3N2O2/c1-14-19(22(3,4)11-10-21(14)30)9-8-18-13-20(28(27-18)15(2)29)16-6-5-7-17(12-16)23(24,25)26/h5-9,12,20-21,30H,10-11,13H2,1-4H3/b9-8+. The summed E-state index contributed by atoms with van der Waals surface area (Å²) in [5.74, 6) is -0.329. The molecule has 0 spiro atoms. The van der Waals surface area contributed by atoms with Gasteiger partial charge < -0.3 is 5.11 Å². The number of carbonyl (C=O) groups excluding carboxylic acids is 1. The maximum absolute atomic E-state index is 13.1. The van der Waals surface area contributed by atoms with Gasteiger partial charge in [0.05, 0.1) is 23.4 Å². The molecule has 1 aliphatic carbocycles. The van der Waals surface area contributed by atoms with Crippen LogP contribution in [-0.2, 0) is 11.0 Å². The van der Waals surface area contributed by atoms with Gasteiger partial charge in [-0.2, -0.15) is 18.3 Å². The molecule has 4 nitrogen and oxygen atoms in total. The van der Waals surface area contributed by atoms with E-state index in [1.54, 1.807) is 6.07 Å². The predicted octanol–water partition coefficient (Wildman–Crippen LogP) is 5.41. The van der Waals surface area contributed by atoms with E-state index < -0.39 is 23.9 Å². The number of hydrogen-bond donors (Lipinski definition) is 1. The van der Waals surface area contributed by atoms with Crippen molar-refractivity contribution in [3.8, 4) is 0 Å². The number of hydrazone groups is 1. The fraction of sp³-hybridized carbons (Fsp3) is 0.478. The van der Waals surface area contributed by atoms with E-state index in [-0.39, 0.29) is 11.3 Å². The quantitative estimate of drug-likeness (QED) is 0.711. The second-order valence-corrected chi connectivity index (χ2v) is 8.67. The summed E-state index contributed by atoms with van der Waals surface area (Å²) in [5, 5.41) is 15.8. The molecule has 2 unspecified atom stereocenters. The van der Waals surface area contributed by atoms with Crippen LogP contribution in [0.4, 0.5) is 13.2 Å². The molecule has 0 fully saturated rings. The summed E-state index contributed by atoms with van der Waals surface area (Å²) < 4.78 is 39.3. The van der Waals surface area contributed by atoms with Gasteiger partial charge in [0.25, 0.3) is 0 Å². The van der Waals surface area contributed by atoms with Crippen LogP contribution >= 0.6 is 0 Å². The maximum atomic E-state index is 13.1. The summed E-state index contributed by atoms with van der Waals surface area (Å²) in [6, 6.07) is 4.46.